The van der Waals surface area contributed by atoms with E-state index in [9.17, 15) is 14.4 Å². The van der Waals surface area contributed by atoms with Gasteiger partial charge in [0.2, 0.25) is 0 Å². The molecule has 0 unspecified atom stereocenters. The summed E-state index contributed by atoms with van der Waals surface area (Å²) in [6.45, 7) is 3.74. The van der Waals surface area contributed by atoms with Gasteiger partial charge in [0.05, 0.1) is 23.1 Å². The molecule has 6 rings (SSSR count). The van der Waals surface area contributed by atoms with Crippen molar-refractivity contribution in [3.63, 3.8) is 0 Å². The molecular formula is C30H29NO5S. The van der Waals surface area contributed by atoms with Crippen LogP contribution in [-0.2, 0) is 14.3 Å². The first-order chi connectivity index (χ1) is 17.9. The van der Waals surface area contributed by atoms with Crippen LogP contribution in [0.1, 0.15) is 73.3 Å². The molecule has 7 heteroatoms. The maximum atomic E-state index is 13.8. The fraction of sp³-hybridized carbons (Fsp3) is 0.367. The molecule has 3 heterocycles. The molecule has 6 nitrogen and oxygen atoms in total. The van der Waals surface area contributed by atoms with Gasteiger partial charge in [-0.2, -0.15) is 0 Å². The van der Waals surface area contributed by atoms with E-state index in [1.165, 1.54) is 6.26 Å². The molecule has 0 bridgehead atoms. The van der Waals surface area contributed by atoms with E-state index >= 15 is 0 Å². The molecule has 3 aromatic rings. The number of thiophene rings is 1. The second-order valence-corrected chi connectivity index (χ2v) is 11.3. The van der Waals surface area contributed by atoms with Crippen molar-refractivity contribution in [1.82, 2.24) is 5.32 Å². The number of hydrogen-bond acceptors (Lipinski definition) is 7. The number of aryl methyl sites for hydroxylation is 1. The quantitative estimate of drug-likeness (QED) is 0.428. The van der Waals surface area contributed by atoms with Gasteiger partial charge in [0.25, 0.3) is 0 Å². The van der Waals surface area contributed by atoms with Crippen molar-refractivity contribution in [1.29, 1.82) is 0 Å². The van der Waals surface area contributed by atoms with Crippen molar-refractivity contribution in [3.05, 3.63) is 90.7 Å². The van der Waals surface area contributed by atoms with E-state index in [4.69, 9.17) is 9.15 Å². The Morgan fingerprint density at radius 1 is 1.11 bits per heavy atom. The molecule has 37 heavy (non-hydrogen) atoms. The minimum absolute atomic E-state index is 0.0560. The van der Waals surface area contributed by atoms with Crippen LogP contribution in [-0.4, -0.2) is 17.9 Å². The molecular weight excluding hydrogens is 486 g/mol. The average molecular weight is 516 g/mol. The highest BCUT2D eigenvalue weighted by molar-refractivity contribution is 7.10. The van der Waals surface area contributed by atoms with Crippen LogP contribution in [0.4, 0.5) is 0 Å². The molecule has 2 atom stereocenters. The third kappa shape index (κ3) is 4.25. The number of rotatable bonds is 4. The molecule has 2 aromatic heterocycles. The molecule has 0 spiro atoms. The van der Waals surface area contributed by atoms with E-state index in [1.807, 2.05) is 31.4 Å². The van der Waals surface area contributed by atoms with Gasteiger partial charge >= 0.3 is 5.97 Å². The molecule has 1 aromatic carbocycles. The summed E-state index contributed by atoms with van der Waals surface area (Å²) in [7, 11) is 0. The Morgan fingerprint density at radius 3 is 2.68 bits per heavy atom. The molecule has 1 N–H and O–H groups in total. The van der Waals surface area contributed by atoms with E-state index in [0.29, 0.717) is 46.2 Å². The number of dihydropyridines is 1. The third-order valence-electron chi connectivity index (χ3n) is 7.83. The lowest BCUT2D eigenvalue weighted by Gasteiger charge is -2.36. The van der Waals surface area contributed by atoms with E-state index in [0.717, 1.165) is 41.8 Å². The minimum Gasteiger partial charge on any atom is -0.464 e. The number of carbonyl (C=O) groups excluding carboxylic acids is 2. The Kier molecular flexibility index (Phi) is 6.11. The number of fused-ring (bicyclic) bond motifs is 1. The Hall–Kier alpha value is -3.45. The summed E-state index contributed by atoms with van der Waals surface area (Å²) in [4.78, 5) is 42.4. The van der Waals surface area contributed by atoms with Crippen molar-refractivity contribution in [2.45, 2.75) is 70.3 Å². The molecule has 0 radical (unpaired) electrons. The zero-order valence-corrected chi connectivity index (χ0v) is 21.8. The number of nitrogens with one attached hydrogen (secondary N) is 1. The number of carbonyl (C=O) groups is 2. The number of benzene rings is 1. The molecule has 0 amide bonds. The zero-order valence-electron chi connectivity index (χ0n) is 21.0. The molecule has 190 valence electrons. The first-order valence-electron chi connectivity index (χ1n) is 12.9. The van der Waals surface area contributed by atoms with Crippen LogP contribution in [0.2, 0.25) is 0 Å². The van der Waals surface area contributed by atoms with E-state index in [-0.39, 0.29) is 23.2 Å². The third-order valence-corrected chi connectivity index (χ3v) is 8.87. The Balaban J connectivity index is 1.49. The van der Waals surface area contributed by atoms with Crippen LogP contribution < -0.4 is 10.7 Å². The van der Waals surface area contributed by atoms with Gasteiger partial charge in [-0.1, -0.05) is 17.7 Å². The van der Waals surface area contributed by atoms with Crippen LogP contribution in [0.3, 0.4) is 0 Å². The minimum atomic E-state index is -0.830. The second-order valence-electron chi connectivity index (χ2n) is 10.4. The van der Waals surface area contributed by atoms with Crippen molar-refractivity contribution >= 4 is 34.1 Å². The number of hydrogen-bond donors (Lipinski definition) is 1. The lowest BCUT2D eigenvalue weighted by molar-refractivity contribution is -0.144. The number of esters is 1. The molecule has 0 saturated heterocycles. The van der Waals surface area contributed by atoms with Crippen LogP contribution in [0, 0.1) is 6.92 Å². The number of Topliss-reactive ketones (excluding diaryl/α,β-unsaturated/α-hetero) is 1. The summed E-state index contributed by atoms with van der Waals surface area (Å²) < 4.78 is 11.8. The van der Waals surface area contributed by atoms with Gasteiger partial charge in [0.15, 0.2) is 11.2 Å². The highest BCUT2D eigenvalue weighted by Gasteiger charge is 2.43. The second kappa shape index (κ2) is 9.45. The predicted octanol–water partition coefficient (Wildman–Crippen LogP) is 6.01. The maximum Gasteiger partial charge on any atom is 0.337 e. The Labute approximate surface area is 219 Å². The Bertz CT molecular complexity index is 1520. The van der Waals surface area contributed by atoms with Gasteiger partial charge in [0, 0.05) is 39.7 Å². The predicted molar refractivity (Wildman–Crippen MR) is 142 cm³/mol. The summed E-state index contributed by atoms with van der Waals surface area (Å²) in [6, 6.07) is 9.51. The summed E-state index contributed by atoms with van der Waals surface area (Å²) in [5.41, 5.74) is 3.69. The van der Waals surface area contributed by atoms with Crippen LogP contribution in [0.5, 0.6) is 0 Å². The van der Waals surface area contributed by atoms with Gasteiger partial charge in [0.1, 0.15) is 11.7 Å². The molecule has 3 aliphatic rings. The van der Waals surface area contributed by atoms with Crippen molar-refractivity contribution < 1.29 is 18.7 Å². The van der Waals surface area contributed by atoms with Crippen LogP contribution in [0.15, 0.2) is 73.7 Å². The smallest absolute Gasteiger partial charge is 0.337 e. The van der Waals surface area contributed by atoms with Crippen molar-refractivity contribution in [2.24, 2.45) is 0 Å². The van der Waals surface area contributed by atoms with E-state index in [2.05, 4.69) is 11.4 Å². The van der Waals surface area contributed by atoms with Gasteiger partial charge in [-0.25, -0.2) is 4.79 Å². The van der Waals surface area contributed by atoms with Crippen LogP contribution >= 0.6 is 11.3 Å². The largest absolute Gasteiger partial charge is 0.464 e. The van der Waals surface area contributed by atoms with E-state index in [1.54, 1.807) is 23.5 Å². The normalized spacial score (nSPS) is 22.4. The first kappa shape index (κ1) is 23.9. The van der Waals surface area contributed by atoms with Crippen LogP contribution in [0.25, 0.3) is 11.0 Å². The van der Waals surface area contributed by atoms with Gasteiger partial charge in [-0.05, 0) is 69.5 Å². The number of allylic oxidation sites excluding steroid dienone is 3. The molecule has 1 aliphatic heterocycles. The van der Waals surface area contributed by atoms with Gasteiger partial charge in [-0.15, -0.1) is 11.3 Å². The number of ketones is 1. The molecule has 2 aliphatic carbocycles. The van der Waals surface area contributed by atoms with Crippen molar-refractivity contribution in [3.8, 4) is 0 Å². The highest BCUT2D eigenvalue weighted by Crippen LogP contribution is 2.46. The summed E-state index contributed by atoms with van der Waals surface area (Å²) in [6.07, 6.45) is 6.00. The molecule has 1 fully saturated rings. The SMILES string of the molecule is CC1=C(C(=O)OC2CCCC2)[C@@H](c2coc3ccc(C)cc3c2=O)C2=C(C[C@H](c3cccs3)CC2=O)N1. The maximum absolute atomic E-state index is 13.8. The fourth-order valence-corrected chi connectivity index (χ4v) is 6.86. The van der Waals surface area contributed by atoms with Gasteiger partial charge in [-0.3, -0.25) is 9.59 Å². The highest BCUT2D eigenvalue weighted by atomic mass is 32.1. The summed E-state index contributed by atoms with van der Waals surface area (Å²) in [5, 5.41) is 5.83. The lowest BCUT2D eigenvalue weighted by Crippen LogP contribution is -2.38. The molecule has 1 saturated carbocycles. The lowest BCUT2D eigenvalue weighted by atomic mass is 9.73. The Morgan fingerprint density at radius 2 is 1.92 bits per heavy atom. The van der Waals surface area contributed by atoms with E-state index < -0.39 is 11.9 Å². The average Bonchev–Trinajstić information content (AvgIpc) is 3.58. The topological polar surface area (TPSA) is 85.6 Å². The fourth-order valence-electron chi connectivity index (χ4n) is 6.03. The number of ether oxygens (including phenoxy) is 1. The summed E-state index contributed by atoms with van der Waals surface area (Å²) in [5.74, 6) is -1.29. The first-order valence-corrected chi connectivity index (χ1v) is 13.8. The monoisotopic (exact) mass is 515 g/mol. The van der Waals surface area contributed by atoms with Gasteiger partial charge < -0.3 is 14.5 Å². The van der Waals surface area contributed by atoms with Crippen molar-refractivity contribution in [2.75, 3.05) is 0 Å². The summed E-state index contributed by atoms with van der Waals surface area (Å²) >= 11 is 1.64. The standard InChI is InChI=1S/C30H29NO5S/c1-16-9-10-24-20(12-16)29(33)21(15-35-24)27-26(30(34)36-19-6-3-4-7-19)17(2)31-22-13-18(14-23(32)28(22)27)25-8-5-11-37-25/h5,8-12,15,18-19,27,31H,3-4,6-7,13-14H2,1-2H3/t18-,27+/m0/s1. The zero-order chi connectivity index (χ0) is 25.7.